The van der Waals surface area contributed by atoms with Crippen LogP contribution >= 0.6 is 11.8 Å². The van der Waals surface area contributed by atoms with E-state index < -0.39 is 0 Å². The van der Waals surface area contributed by atoms with E-state index in [1.54, 1.807) is 16.7 Å². The summed E-state index contributed by atoms with van der Waals surface area (Å²) in [5.74, 6) is 0.185. The Morgan fingerprint density at radius 2 is 1.83 bits per heavy atom. The lowest BCUT2D eigenvalue weighted by Gasteiger charge is -2.27. The number of hydrogen-bond acceptors (Lipinski definition) is 5. The van der Waals surface area contributed by atoms with E-state index in [1.807, 2.05) is 61.2 Å². The summed E-state index contributed by atoms with van der Waals surface area (Å²) in [6, 6.07) is 17.2. The standard InChI is InChI=1S/C23H27N3O3S/c1-17(2)26(15-18-9-4-3-5-10-18)21(28)16-30-23-24-20-12-7-6-11-19(20)22(29)25(23)13-8-14-27/h3-7,9-12,17,27H,8,13-16H2,1-2H3. The number of aliphatic hydroxyl groups is 1. The summed E-state index contributed by atoms with van der Waals surface area (Å²) in [7, 11) is 0. The fourth-order valence-electron chi connectivity index (χ4n) is 3.23. The minimum absolute atomic E-state index is 0.00466. The zero-order valence-corrected chi connectivity index (χ0v) is 18.1. The Labute approximate surface area is 180 Å². The molecule has 0 bridgehead atoms. The van der Waals surface area contributed by atoms with Crippen LogP contribution < -0.4 is 5.56 Å². The molecule has 3 rings (SSSR count). The minimum atomic E-state index is -0.144. The van der Waals surface area contributed by atoms with E-state index in [0.29, 0.717) is 35.6 Å². The number of para-hydroxylation sites is 1. The van der Waals surface area contributed by atoms with Crippen LogP contribution in [0.2, 0.25) is 0 Å². The molecule has 1 N–H and O–H groups in total. The van der Waals surface area contributed by atoms with E-state index in [9.17, 15) is 14.7 Å². The molecule has 3 aromatic rings. The highest BCUT2D eigenvalue weighted by Gasteiger charge is 2.19. The van der Waals surface area contributed by atoms with Crippen molar-refractivity contribution in [2.75, 3.05) is 12.4 Å². The molecule has 7 heteroatoms. The van der Waals surface area contributed by atoms with Crippen molar-refractivity contribution >= 4 is 28.6 Å². The molecule has 0 aliphatic heterocycles. The molecule has 1 heterocycles. The Bertz CT molecular complexity index is 1050. The molecule has 0 unspecified atom stereocenters. The second-order valence-electron chi connectivity index (χ2n) is 7.34. The Kier molecular flexibility index (Phi) is 7.65. The van der Waals surface area contributed by atoms with Crippen LogP contribution in [0.1, 0.15) is 25.8 Å². The average molecular weight is 426 g/mol. The van der Waals surface area contributed by atoms with Gasteiger partial charge in [0.25, 0.3) is 5.56 Å². The summed E-state index contributed by atoms with van der Waals surface area (Å²) in [5.41, 5.74) is 1.55. The Morgan fingerprint density at radius 3 is 2.53 bits per heavy atom. The number of fused-ring (bicyclic) bond motifs is 1. The van der Waals surface area contributed by atoms with Crippen molar-refractivity contribution in [1.82, 2.24) is 14.5 Å². The van der Waals surface area contributed by atoms with Gasteiger partial charge in [-0.15, -0.1) is 0 Å². The highest BCUT2D eigenvalue weighted by Crippen LogP contribution is 2.20. The maximum absolute atomic E-state index is 13.0. The van der Waals surface area contributed by atoms with Crippen LogP contribution in [0, 0.1) is 0 Å². The van der Waals surface area contributed by atoms with Crippen molar-refractivity contribution in [1.29, 1.82) is 0 Å². The van der Waals surface area contributed by atoms with Crippen molar-refractivity contribution in [3.63, 3.8) is 0 Å². The van der Waals surface area contributed by atoms with Crippen LogP contribution in [0.15, 0.2) is 64.5 Å². The first-order valence-electron chi connectivity index (χ1n) is 10.1. The SMILES string of the molecule is CC(C)N(Cc1ccccc1)C(=O)CSc1nc2ccccc2c(=O)n1CCCO. The van der Waals surface area contributed by atoms with Gasteiger partial charge in [-0.2, -0.15) is 0 Å². The maximum atomic E-state index is 13.0. The monoisotopic (exact) mass is 425 g/mol. The van der Waals surface area contributed by atoms with Crippen molar-refractivity contribution in [2.45, 2.75) is 44.6 Å². The second-order valence-corrected chi connectivity index (χ2v) is 8.28. The normalized spacial score (nSPS) is 11.2. The van der Waals surface area contributed by atoms with Gasteiger partial charge in [0, 0.05) is 25.7 Å². The highest BCUT2D eigenvalue weighted by atomic mass is 32.2. The summed E-state index contributed by atoms with van der Waals surface area (Å²) in [6.45, 7) is 4.89. The molecule has 0 saturated heterocycles. The Hall–Kier alpha value is -2.64. The third-order valence-electron chi connectivity index (χ3n) is 4.83. The molecule has 0 fully saturated rings. The summed E-state index contributed by atoms with van der Waals surface area (Å²) < 4.78 is 1.56. The van der Waals surface area contributed by atoms with Crippen molar-refractivity contribution in [3.8, 4) is 0 Å². The lowest BCUT2D eigenvalue weighted by molar-refractivity contribution is -0.130. The van der Waals surface area contributed by atoms with Crippen molar-refractivity contribution in [3.05, 3.63) is 70.5 Å². The van der Waals surface area contributed by atoms with Crippen LogP contribution in [0.3, 0.4) is 0 Å². The van der Waals surface area contributed by atoms with Gasteiger partial charge in [0.15, 0.2) is 5.16 Å². The topological polar surface area (TPSA) is 75.4 Å². The number of thioether (sulfide) groups is 1. The lowest BCUT2D eigenvalue weighted by Crippen LogP contribution is -2.37. The minimum Gasteiger partial charge on any atom is -0.396 e. The smallest absolute Gasteiger partial charge is 0.262 e. The van der Waals surface area contributed by atoms with E-state index in [1.165, 1.54) is 11.8 Å². The highest BCUT2D eigenvalue weighted by molar-refractivity contribution is 7.99. The molecule has 6 nitrogen and oxygen atoms in total. The lowest BCUT2D eigenvalue weighted by atomic mass is 10.2. The number of hydrogen-bond donors (Lipinski definition) is 1. The summed E-state index contributed by atoms with van der Waals surface area (Å²) in [5, 5.41) is 10.3. The summed E-state index contributed by atoms with van der Waals surface area (Å²) >= 11 is 1.27. The molecule has 1 aromatic heterocycles. The molecule has 0 atom stereocenters. The molecule has 0 saturated carbocycles. The molecular formula is C23H27N3O3S. The molecule has 1 amide bonds. The Morgan fingerprint density at radius 1 is 1.13 bits per heavy atom. The van der Waals surface area contributed by atoms with Crippen LogP contribution in [0.4, 0.5) is 0 Å². The second kappa shape index (κ2) is 10.4. The quantitative estimate of drug-likeness (QED) is 0.421. The molecule has 0 spiro atoms. The fraction of sp³-hybridized carbons (Fsp3) is 0.348. The first-order chi connectivity index (χ1) is 14.5. The number of rotatable bonds is 9. The van der Waals surface area contributed by atoms with Gasteiger partial charge in [0.05, 0.1) is 16.7 Å². The third-order valence-corrected chi connectivity index (χ3v) is 5.79. The zero-order chi connectivity index (χ0) is 21.5. The molecule has 0 radical (unpaired) electrons. The van der Waals surface area contributed by atoms with Crippen LogP contribution in [0.5, 0.6) is 0 Å². The van der Waals surface area contributed by atoms with Crippen LogP contribution in [-0.2, 0) is 17.9 Å². The van der Waals surface area contributed by atoms with E-state index in [-0.39, 0.29) is 29.9 Å². The number of aromatic nitrogens is 2. The first-order valence-corrected chi connectivity index (χ1v) is 11.1. The largest absolute Gasteiger partial charge is 0.396 e. The molecule has 30 heavy (non-hydrogen) atoms. The molecule has 2 aromatic carbocycles. The molecular weight excluding hydrogens is 398 g/mol. The van der Waals surface area contributed by atoms with Gasteiger partial charge in [-0.05, 0) is 38.0 Å². The van der Waals surface area contributed by atoms with Crippen molar-refractivity contribution in [2.24, 2.45) is 0 Å². The van der Waals surface area contributed by atoms with E-state index >= 15 is 0 Å². The fourth-order valence-corrected chi connectivity index (χ4v) is 4.14. The van der Waals surface area contributed by atoms with Gasteiger partial charge in [0.2, 0.25) is 5.91 Å². The van der Waals surface area contributed by atoms with E-state index in [0.717, 1.165) is 5.56 Å². The number of nitrogens with zero attached hydrogens (tertiary/aromatic N) is 3. The molecule has 0 aliphatic rings. The van der Waals surface area contributed by atoms with Crippen LogP contribution in [0.25, 0.3) is 10.9 Å². The average Bonchev–Trinajstić information content (AvgIpc) is 2.76. The van der Waals surface area contributed by atoms with Gasteiger partial charge < -0.3 is 10.0 Å². The van der Waals surface area contributed by atoms with Crippen LogP contribution in [-0.4, -0.2) is 43.9 Å². The first kappa shape index (κ1) is 22.1. The number of carbonyl (C=O) groups is 1. The maximum Gasteiger partial charge on any atom is 0.262 e. The predicted molar refractivity (Wildman–Crippen MR) is 121 cm³/mol. The number of carbonyl (C=O) groups excluding carboxylic acids is 1. The zero-order valence-electron chi connectivity index (χ0n) is 17.3. The third kappa shape index (κ3) is 5.29. The number of amides is 1. The summed E-state index contributed by atoms with van der Waals surface area (Å²) in [6.07, 6.45) is 0.452. The van der Waals surface area contributed by atoms with E-state index in [2.05, 4.69) is 4.98 Å². The number of aliphatic hydroxyl groups excluding tert-OH is 1. The van der Waals surface area contributed by atoms with Gasteiger partial charge >= 0.3 is 0 Å². The van der Waals surface area contributed by atoms with Gasteiger partial charge in [0.1, 0.15) is 0 Å². The Balaban J connectivity index is 1.82. The number of benzene rings is 2. The predicted octanol–water partition coefficient (Wildman–Crippen LogP) is 3.31. The summed E-state index contributed by atoms with van der Waals surface area (Å²) in [4.78, 5) is 32.4. The molecule has 0 aliphatic carbocycles. The van der Waals surface area contributed by atoms with E-state index in [4.69, 9.17) is 0 Å². The molecule has 158 valence electrons. The van der Waals surface area contributed by atoms with Gasteiger partial charge in [-0.25, -0.2) is 4.98 Å². The van der Waals surface area contributed by atoms with Gasteiger partial charge in [-0.1, -0.05) is 54.2 Å². The van der Waals surface area contributed by atoms with Crippen molar-refractivity contribution < 1.29 is 9.90 Å². The van der Waals surface area contributed by atoms with Gasteiger partial charge in [-0.3, -0.25) is 14.2 Å².